The molecule has 0 aliphatic heterocycles. The third-order valence-corrected chi connectivity index (χ3v) is 3.56. The molecule has 98 valence electrons. The van der Waals surface area contributed by atoms with Crippen LogP contribution in [0.1, 0.15) is 38.6 Å². The molecule has 0 aliphatic carbocycles. The number of aromatic nitrogens is 2. The molecule has 0 amide bonds. The van der Waals surface area contributed by atoms with Gasteiger partial charge in [-0.2, -0.15) is 5.10 Å². The Labute approximate surface area is 109 Å². The first-order chi connectivity index (χ1) is 7.99. The summed E-state index contributed by atoms with van der Waals surface area (Å²) in [5, 5.41) is 5.27. The summed E-state index contributed by atoms with van der Waals surface area (Å²) in [5.41, 5.74) is 7.95. The Morgan fingerprint density at radius 3 is 2.47 bits per heavy atom. The Balaban J connectivity index is 2.82. The summed E-state index contributed by atoms with van der Waals surface area (Å²) >= 11 is 6.34. The van der Waals surface area contributed by atoms with Gasteiger partial charge in [0.25, 0.3) is 0 Å². The fraction of sp³-hybridized carbons (Fsp3) is 0.769. The lowest BCUT2D eigenvalue weighted by Gasteiger charge is -2.17. The molecule has 4 heteroatoms. The van der Waals surface area contributed by atoms with E-state index in [-0.39, 0.29) is 0 Å². The first-order valence-electron chi connectivity index (χ1n) is 6.39. The zero-order valence-corrected chi connectivity index (χ0v) is 12.1. The van der Waals surface area contributed by atoms with Crippen molar-refractivity contribution in [2.24, 2.45) is 24.6 Å². The van der Waals surface area contributed by atoms with Crippen molar-refractivity contribution in [2.45, 2.75) is 40.0 Å². The highest BCUT2D eigenvalue weighted by Gasteiger charge is 2.17. The van der Waals surface area contributed by atoms with Gasteiger partial charge in [0.05, 0.1) is 16.4 Å². The summed E-state index contributed by atoms with van der Waals surface area (Å²) in [6, 6.07) is 0. The van der Waals surface area contributed by atoms with Gasteiger partial charge in [0.2, 0.25) is 0 Å². The molecule has 1 aromatic heterocycles. The third-order valence-electron chi connectivity index (χ3n) is 3.12. The largest absolute Gasteiger partial charge is 0.330 e. The van der Waals surface area contributed by atoms with Gasteiger partial charge in [0, 0.05) is 7.05 Å². The maximum absolute atomic E-state index is 6.34. The van der Waals surface area contributed by atoms with Crippen molar-refractivity contribution in [3.63, 3.8) is 0 Å². The van der Waals surface area contributed by atoms with Crippen molar-refractivity contribution in [1.29, 1.82) is 0 Å². The number of hydrogen-bond donors (Lipinski definition) is 1. The molecule has 0 fully saturated rings. The molecule has 1 rings (SSSR count). The molecule has 0 saturated heterocycles. The van der Waals surface area contributed by atoms with Crippen LogP contribution in [-0.2, 0) is 19.9 Å². The smallest absolute Gasteiger partial charge is 0.0849 e. The zero-order chi connectivity index (χ0) is 13.0. The summed E-state index contributed by atoms with van der Waals surface area (Å²) in [5.74, 6) is 1.16. The molecule has 3 nitrogen and oxygen atoms in total. The van der Waals surface area contributed by atoms with Gasteiger partial charge in [-0.25, -0.2) is 0 Å². The Hall–Kier alpha value is -0.540. The van der Waals surface area contributed by atoms with Crippen LogP contribution in [0.2, 0.25) is 5.02 Å². The predicted octanol–water partition coefficient (Wildman–Crippen LogP) is 2.80. The van der Waals surface area contributed by atoms with Gasteiger partial charge in [-0.3, -0.25) is 4.68 Å². The lowest BCUT2D eigenvalue weighted by molar-refractivity contribution is 0.407. The number of nitrogens with zero attached hydrogens (tertiary/aromatic N) is 2. The third kappa shape index (κ3) is 3.71. The molecule has 1 unspecified atom stereocenters. The van der Waals surface area contributed by atoms with E-state index < -0.39 is 0 Å². The first-order valence-corrected chi connectivity index (χ1v) is 6.77. The van der Waals surface area contributed by atoms with Crippen LogP contribution in [0.25, 0.3) is 0 Å². The number of aryl methyl sites for hydroxylation is 2. The number of nitrogens with two attached hydrogens (primary N) is 1. The fourth-order valence-corrected chi connectivity index (χ4v) is 2.62. The SMILES string of the molecule is CCc1nn(C)c(CC(CN)CC(C)C)c1Cl. The fourth-order valence-electron chi connectivity index (χ4n) is 2.24. The Kier molecular flexibility index (Phi) is 5.47. The van der Waals surface area contributed by atoms with Crippen LogP contribution < -0.4 is 5.73 Å². The van der Waals surface area contributed by atoms with Crippen molar-refractivity contribution >= 4 is 11.6 Å². The molecule has 1 aromatic rings. The summed E-state index contributed by atoms with van der Waals surface area (Å²) < 4.78 is 1.91. The Morgan fingerprint density at radius 2 is 2.06 bits per heavy atom. The molecule has 2 N–H and O–H groups in total. The highest BCUT2D eigenvalue weighted by molar-refractivity contribution is 6.31. The number of hydrogen-bond acceptors (Lipinski definition) is 2. The van der Waals surface area contributed by atoms with Crippen LogP contribution in [0.3, 0.4) is 0 Å². The predicted molar refractivity (Wildman–Crippen MR) is 73.3 cm³/mol. The van der Waals surface area contributed by atoms with E-state index in [1.807, 2.05) is 11.7 Å². The molecule has 1 heterocycles. The minimum Gasteiger partial charge on any atom is -0.330 e. The number of rotatable bonds is 6. The highest BCUT2D eigenvalue weighted by atomic mass is 35.5. The molecule has 0 bridgehead atoms. The van der Waals surface area contributed by atoms with Gasteiger partial charge in [-0.1, -0.05) is 32.4 Å². The second-order valence-corrected chi connectivity index (χ2v) is 5.50. The molecule has 0 spiro atoms. The van der Waals surface area contributed by atoms with Crippen LogP contribution in [0, 0.1) is 11.8 Å². The molecular weight excluding hydrogens is 234 g/mol. The summed E-state index contributed by atoms with van der Waals surface area (Å²) in [6.07, 6.45) is 2.95. The molecule has 17 heavy (non-hydrogen) atoms. The van der Waals surface area contributed by atoms with E-state index in [0.29, 0.717) is 18.4 Å². The Morgan fingerprint density at radius 1 is 1.41 bits per heavy atom. The summed E-state index contributed by atoms with van der Waals surface area (Å²) in [4.78, 5) is 0. The van der Waals surface area contributed by atoms with Crippen LogP contribution in [0.15, 0.2) is 0 Å². The van der Waals surface area contributed by atoms with Crippen LogP contribution in [-0.4, -0.2) is 16.3 Å². The van der Waals surface area contributed by atoms with Gasteiger partial charge >= 0.3 is 0 Å². The first kappa shape index (κ1) is 14.5. The van der Waals surface area contributed by atoms with E-state index >= 15 is 0 Å². The molecule has 0 radical (unpaired) electrons. The van der Waals surface area contributed by atoms with Crippen molar-refractivity contribution < 1.29 is 0 Å². The number of halogens is 1. The van der Waals surface area contributed by atoms with Crippen LogP contribution in [0.5, 0.6) is 0 Å². The van der Waals surface area contributed by atoms with E-state index in [2.05, 4.69) is 25.9 Å². The maximum Gasteiger partial charge on any atom is 0.0849 e. The highest BCUT2D eigenvalue weighted by Crippen LogP contribution is 2.25. The van der Waals surface area contributed by atoms with Crippen molar-refractivity contribution in [3.05, 3.63) is 16.4 Å². The van der Waals surface area contributed by atoms with E-state index in [0.717, 1.165) is 35.7 Å². The van der Waals surface area contributed by atoms with Crippen molar-refractivity contribution in [3.8, 4) is 0 Å². The van der Waals surface area contributed by atoms with Gasteiger partial charge in [0.15, 0.2) is 0 Å². The average molecular weight is 258 g/mol. The summed E-state index contributed by atoms with van der Waals surface area (Å²) in [7, 11) is 1.96. The van der Waals surface area contributed by atoms with Gasteiger partial charge in [-0.05, 0) is 37.6 Å². The van der Waals surface area contributed by atoms with E-state index in [1.54, 1.807) is 0 Å². The maximum atomic E-state index is 6.34. The monoisotopic (exact) mass is 257 g/mol. The molecule has 1 atom stereocenters. The van der Waals surface area contributed by atoms with Crippen LogP contribution in [0.4, 0.5) is 0 Å². The quantitative estimate of drug-likeness (QED) is 0.852. The second-order valence-electron chi connectivity index (χ2n) is 5.12. The molecule has 0 aromatic carbocycles. The average Bonchev–Trinajstić information content (AvgIpc) is 2.54. The van der Waals surface area contributed by atoms with Gasteiger partial charge in [0.1, 0.15) is 0 Å². The Bertz CT molecular complexity index is 358. The lowest BCUT2D eigenvalue weighted by Crippen LogP contribution is -2.20. The minimum absolute atomic E-state index is 0.493. The molecule has 0 saturated carbocycles. The minimum atomic E-state index is 0.493. The van der Waals surface area contributed by atoms with E-state index in [9.17, 15) is 0 Å². The second kappa shape index (κ2) is 6.41. The zero-order valence-electron chi connectivity index (χ0n) is 11.3. The normalized spacial score (nSPS) is 13.4. The van der Waals surface area contributed by atoms with Gasteiger partial charge in [-0.15, -0.1) is 0 Å². The van der Waals surface area contributed by atoms with Crippen molar-refractivity contribution in [1.82, 2.24) is 9.78 Å². The van der Waals surface area contributed by atoms with E-state index in [1.165, 1.54) is 0 Å². The standard InChI is InChI=1S/C13H24ClN3/c1-5-11-13(14)12(17(4)16-11)7-10(8-15)6-9(2)3/h9-10H,5-8,15H2,1-4H3. The molecule has 0 aliphatic rings. The van der Waals surface area contributed by atoms with Gasteiger partial charge < -0.3 is 5.73 Å². The van der Waals surface area contributed by atoms with E-state index in [4.69, 9.17) is 17.3 Å². The lowest BCUT2D eigenvalue weighted by atomic mass is 9.93. The van der Waals surface area contributed by atoms with Crippen molar-refractivity contribution in [2.75, 3.05) is 6.54 Å². The summed E-state index contributed by atoms with van der Waals surface area (Å²) in [6.45, 7) is 7.24. The topological polar surface area (TPSA) is 43.8 Å². The molecular formula is C13H24ClN3. The van der Waals surface area contributed by atoms with Crippen LogP contribution >= 0.6 is 11.6 Å².